The van der Waals surface area contributed by atoms with Crippen molar-refractivity contribution in [2.75, 3.05) is 0 Å². The highest BCUT2D eigenvalue weighted by molar-refractivity contribution is 7.18. The summed E-state index contributed by atoms with van der Waals surface area (Å²) in [6.45, 7) is 2.05. The normalized spacial score (nSPS) is 11.1. The SMILES string of the molecule is Cc1nc(-c2cccnc2)sc1-c1ccc2[nH]ncc2c1. The van der Waals surface area contributed by atoms with Crippen LogP contribution in [0.1, 0.15) is 5.69 Å². The van der Waals surface area contributed by atoms with Crippen LogP contribution in [-0.2, 0) is 0 Å². The molecule has 0 saturated carbocycles. The number of thiazole rings is 1. The number of nitrogens with one attached hydrogen (secondary N) is 1. The summed E-state index contributed by atoms with van der Waals surface area (Å²) in [7, 11) is 0. The molecule has 0 spiro atoms. The quantitative estimate of drug-likeness (QED) is 0.606. The molecule has 21 heavy (non-hydrogen) atoms. The summed E-state index contributed by atoms with van der Waals surface area (Å²) >= 11 is 1.70. The van der Waals surface area contributed by atoms with Crippen molar-refractivity contribution >= 4 is 22.2 Å². The molecule has 4 rings (SSSR count). The molecule has 4 aromatic rings. The first-order valence-electron chi connectivity index (χ1n) is 6.62. The Hall–Kier alpha value is -2.53. The number of rotatable bonds is 2. The average molecular weight is 292 g/mol. The molecule has 3 aromatic heterocycles. The Balaban J connectivity index is 1.83. The van der Waals surface area contributed by atoms with Gasteiger partial charge in [-0.15, -0.1) is 11.3 Å². The summed E-state index contributed by atoms with van der Waals surface area (Å²) in [6.07, 6.45) is 5.47. The lowest BCUT2D eigenvalue weighted by Gasteiger charge is -1.98. The fourth-order valence-electron chi connectivity index (χ4n) is 2.36. The third-order valence-corrected chi connectivity index (χ3v) is 4.66. The zero-order valence-electron chi connectivity index (χ0n) is 11.4. The third kappa shape index (κ3) is 2.11. The molecule has 0 bridgehead atoms. The number of nitrogens with zero attached hydrogens (tertiary/aromatic N) is 3. The molecule has 0 aliphatic heterocycles. The molecule has 0 fully saturated rings. The average Bonchev–Trinajstić information content (AvgIpc) is 3.13. The monoisotopic (exact) mass is 292 g/mol. The molecular formula is C16H12N4S. The molecule has 5 heteroatoms. The van der Waals surface area contributed by atoms with Gasteiger partial charge >= 0.3 is 0 Å². The number of benzene rings is 1. The minimum absolute atomic E-state index is 1.00. The van der Waals surface area contributed by atoms with Gasteiger partial charge in [0.05, 0.1) is 22.3 Å². The first kappa shape index (κ1) is 12.2. The topological polar surface area (TPSA) is 54.5 Å². The number of aromatic amines is 1. The van der Waals surface area contributed by atoms with E-state index in [2.05, 4.69) is 38.4 Å². The summed E-state index contributed by atoms with van der Waals surface area (Å²) < 4.78 is 0. The van der Waals surface area contributed by atoms with E-state index in [1.54, 1.807) is 17.5 Å². The molecule has 0 aliphatic carbocycles. The van der Waals surface area contributed by atoms with Crippen molar-refractivity contribution in [2.24, 2.45) is 0 Å². The molecule has 4 nitrogen and oxygen atoms in total. The number of fused-ring (bicyclic) bond motifs is 1. The number of aryl methyl sites for hydroxylation is 1. The predicted molar refractivity (Wildman–Crippen MR) is 85.2 cm³/mol. The molecule has 102 valence electrons. The fraction of sp³-hybridized carbons (Fsp3) is 0.0625. The van der Waals surface area contributed by atoms with E-state index in [1.165, 1.54) is 10.4 Å². The van der Waals surface area contributed by atoms with E-state index < -0.39 is 0 Å². The van der Waals surface area contributed by atoms with E-state index in [0.717, 1.165) is 27.2 Å². The molecule has 0 aliphatic rings. The molecule has 1 aromatic carbocycles. The second-order valence-corrected chi connectivity index (χ2v) is 5.85. The Morgan fingerprint density at radius 2 is 2.05 bits per heavy atom. The van der Waals surface area contributed by atoms with Crippen LogP contribution in [0.15, 0.2) is 48.9 Å². The molecule has 1 N–H and O–H groups in total. The van der Waals surface area contributed by atoms with Gasteiger partial charge in [0.25, 0.3) is 0 Å². The van der Waals surface area contributed by atoms with Gasteiger partial charge in [-0.3, -0.25) is 10.1 Å². The van der Waals surface area contributed by atoms with Crippen molar-refractivity contribution in [3.63, 3.8) is 0 Å². The van der Waals surface area contributed by atoms with E-state index >= 15 is 0 Å². The minimum atomic E-state index is 1.00. The molecule has 0 atom stereocenters. The highest BCUT2D eigenvalue weighted by atomic mass is 32.1. The van der Waals surface area contributed by atoms with Crippen molar-refractivity contribution in [1.82, 2.24) is 20.2 Å². The fourth-order valence-corrected chi connectivity index (χ4v) is 3.41. The highest BCUT2D eigenvalue weighted by Crippen LogP contribution is 2.35. The van der Waals surface area contributed by atoms with Gasteiger partial charge in [0.1, 0.15) is 5.01 Å². The molecule has 3 heterocycles. The van der Waals surface area contributed by atoms with E-state index in [0.29, 0.717) is 0 Å². The molecule has 0 saturated heterocycles. The zero-order chi connectivity index (χ0) is 14.2. The maximum Gasteiger partial charge on any atom is 0.125 e. The van der Waals surface area contributed by atoms with Gasteiger partial charge in [0.15, 0.2) is 0 Å². The van der Waals surface area contributed by atoms with Crippen LogP contribution in [-0.4, -0.2) is 20.2 Å². The van der Waals surface area contributed by atoms with E-state index in [9.17, 15) is 0 Å². The molecule has 0 unspecified atom stereocenters. The van der Waals surface area contributed by atoms with Crippen molar-refractivity contribution in [1.29, 1.82) is 0 Å². The van der Waals surface area contributed by atoms with E-state index in [-0.39, 0.29) is 0 Å². The summed E-state index contributed by atoms with van der Waals surface area (Å²) in [6, 6.07) is 10.3. The van der Waals surface area contributed by atoms with Gasteiger partial charge in [-0.05, 0) is 36.8 Å². The van der Waals surface area contributed by atoms with Crippen LogP contribution in [0.5, 0.6) is 0 Å². The van der Waals surface area contributed by atoms with Crippen LogP contribution >= 0.6 is 11.3 Å². The van der Waals surface area contributed by atoms with Crippen molar-refractivity contribution in [2.45, 2.75) is 6.92 Å². The van der Waals surface area contributed by atoms with Crippen molar-refractivity contribution in [3.05, 3.63) is 54.6 Å². The largest absolute Gasteiger partial charge is 0.278 e. The van der Waals surface area contributed by atoms with Crippen LogP contribution < -0.4 is 0 Å². The maximum atomic E-state index is 4.68. The van der Waals surface area contributed by atoms with Crippen LogP contribution in [0.2, 0.25) is 0 Å². The van der Waals surface area contributed by atoms with Gasteiger partial charge < -0.3 is 0 Å². The maximum absolute atomic E-state index is 4.68. The van der Waals surface area contributed by atoms with Gasteiger partial charge in [-0.1, -0.05) is 6.07 Å². The Morgan fingerprint density at radius 3 is 2.90 bits per heavy atom. The summed E-state index contributed by atoms with van der Waals surface area (Å²) in [5.41, 5.74) is 4.32. The second-order valence-electron chi connectivity index (χ2n) is 4.85. The third-order valence-electron chi connectivity index (χ3n) is 3.41. The van der Waals surface area contributed by atoms with E-state index in [1.807, 2.05) is 31.5 Å². The Labute approximate surface area is 125 Å². The number of hydrogen-bond acceptors (Lipinski definition) is 4. The van der Waals surface area contributed by atoms with Crippen LogP contribution in [0.25, 0.3) is 31.9 Å². The minimum Gasteiger partial charge on any atom is -0.278 e. The summed E-state index contributed by atoms with van der Waals surface area (Å²) in [5.74, 6) is 0. The Bertz CT molecular complexity index is 908. The summed E-state index contributed by atoms with van der Waals surface area (Å²) in [5, 5.41) is 9.16. The summed E-state index contributed by atoms with van der Waals surface area (Å²) in [4.78, 5) is 10.0. The number of aromatic nitrogens is 4. The predicted octanol–water partition coefficient (Wildman–Crippen LogP) is 4.06. The number of hydrogen-bond donors (Lipinski definition) is 1. The highest BCUT2D eigenvalue weighted by Gasteiger charge is 2.12. The van der Waals surface area contributed by atoms with Gasteiger partial charge in [-0.2, -0.15) is 5.10 Å². The smallest absolute Gasteiger partial charge is 0.125 e. The standard InChI is InChI=1S/C16H12N4S/c1-10-15(11-4-5-14-13(7-11)9-18-20-14)21-16(19-10)12-3-2-6-17-8-12/h2-9H,1H3,(H,18,20). The second kappa shape index (κ2) is 4.79. The lowest BCUT2D eigenvalue weighted by molar-refractivity contribution is 1.12. The molecular weight excluding hydrogens is 280 g/mol. The van der Waals surface area contributed by atoms with Gasteiger partial charge in [0, 0.05) is 23.3 Å². The Kier molecular flexibility index (Phi) is 2.79. The lowest BCUT2D eigenvalue weighted by Crippen LogP contribution is -1.79. The van der Waals surface area contributed by atoms with Crippen molar-refractivity contribution < 1.29 is 0 Å². The molecule has 0 amide bonds. The molecule has 0 radical (unpaired) electrons. The Morgan fingerprint density at radius 1 is 1.10 bits per heavy atom. The van der Waals surface area contributed by atoms with Crippen molar-refractivity contribution in [3.8, 4) is 21.0 Å². The van der Waals surface area contributed by atoms with Crippen LogP contribution in [0.3, 0.4) is 0 Å². The first-order valence-corrected chi connectivity index (χ1v) is 7.44. The van der Waals surface area contributed by atoms with Gasteiger partial charge in [-0.25, -0.2) is 4.98 Å². The zero-order valence-corrected chi connectivity index (χ0v) is 12.2. The van der Waals surface area contributed by atoms with Gasteiger partial charge in [0.2, 0.25) is 0 Å². The lowest BCUT2D eigenvalue weighted by atomic mass is 10.1. The first-order chi connectivity index (χ1) is 10.3. The number of H-pyrrole nitrogens is 1. The van der Waals surface area contributed by atoms with Crippen LogP contribution in [0.4, 0.5) is 0 Å². The van der Waals surface area contributed by atoms with Crippen LogP contribution in [0, 0.1) is 6.92 Å². The van der Waals surface area contributed by atoms with E-state index in [4.69, 9.17) is 0 Å². The number of pyridine rings is 1.